The monoisotopic (exact) mass is 232 g/mol. The first kappa shape index (κ1) is 10.5. The number of imidazole rings is 1. The van der Waals surface area contributed by atoms with Crippen LogP contribution in [0, 0.1) is 0 Å². The van der Waals surface area contributed by atoms with Crippen molar-refractivity contribution in [2.24, 2.45) is 7.05 Å². The van der Waals surface area contributed by atoms with Crippen LogP contribution < -0.4 is 11.0 Å². The molecule has 2 aromatic rings. The third-order valence-corrected chi connectivity index (χ3v) is 3.57. The van der Waals surface area contributed by atoms with Gasteiger partial charge in [-0.3, -0.25) is 14.1 Å². The first-order valence-corrected chi connectivity index (χ1v) is 6.00. The highest BCUT2D eigenvalue weighted by Crippen LogP contribution is 2.21. The summed E-state index contributed by atoms with van der Waals surface area (Å²) >= 11 is 0. The predicted molar refractivity (Wildman–Crippen MR) is 66.1 cm³/mol. The quantitative estimate of drug-likeness (QED) is 0.786. The number of nitrogens with one attached hydrogen (secondary N) is 1. The second kappa shape index (κ2) is 4.00. The maximum absolute atomic E-state index is 12.3. The molecule has 0 atom stereocenters. The predicted octanol–water partition coefficient (Wildman–Crippen LogP) is 0.659. The molecule has 3 heterocycles. The van der Waals surface area contributed by atoms with E-state index in [4.69, 9.17) is 0 Å². The zero-order valence-electron chi connectivity index (χ0n) is 9.89. The molecule has 0 radical (unpaired) electrons. The summed E-state index contributed by atoms with van der Waals surface area (Å²) in [5, 5.41) is 3.32. The van der Waals surface area contributed by atoms with Crippen molar-refractivity contribution in [1.82, 2.24) is 19.4 Å². The van der Waals surface area contributed by atoms with E-state index < -0.39 is 0 Å². The summed E-state index contributed by atoms with van der Waals surface area (Å²) in [4.78, 5) is 16.4. The van der Waals surface area contributed by atoms with Crippen LogP contribution in [-0.4, -0.2) is 27.2 Å². The summed E-state index contributed by atoms with van der Waals surface area (Å²) in [6.45, 7) is 1.96. The van der Waals surface area contributed by atoms with Gasteiger partial charge in [0.15, 0.2) is 0 Å². The Balaban J connectivity index is 2.21. The van der Waals surface area contributed by atoms with Crippen LogP contribution in [0.25, 0.3) is 11.0 Å². The number of rotatable bonds is 1. The number of aromatic nitrogens is 3. The van der Waals surface area contributed by atoms with Crippen molar-refractivity contribution in [2.45, 2.75) is 18.9 Å². The summed E-state index contributed by atoms with van der Waals surface area (Å²) < 4.78 is 3.61. The molecular weight excluding hydrogens is 216 g/mol. The van der Waals surface area contributed by atoms with Crippen molar-refractivity contribution in [3.8, 4) is 0 Å². The molecule has 0 amide bonds. The molecule has 1 aliphatic rings. The molecule has 17 heavy (non-hydrogen) atoms. The molecule has 0 spiro atoms. The van der Waals surface area contributed by atoms with Crippen LogP contribution in [0.4, 0.5) is 0 Å². The van der Waals surface area contributed by atoms with Gasteiger partial charge >= 0.3 is 5.69 Å². The smallest absolute Gasteiger partial charge is 0.317 e. The highest BCUT2D eigenvalue weighted by Gasteiger charge is 2.20. The molecular formula is C12H16N4O. The van der Waals surface area contributed by atoms with E-state index in [-0.39, 0.29) is 5.69 Å². The first-order chi connectivity index (χ1) is 8.29. The van der Waals surface area contributed by atoms with Crippen LogP contribution in [-0.2, 0) is 7.05 Å². The highest BCUT2D eigenvalue weighted by molar-refractivity contribution is 5.74. The maximum Gasteiger partial charge on any atom is 0.329 e. The van der Waals surface area contributed by atoms with Gasteiger partial charge in [0.25, 0.3) is 0 Å². The lowest BCUT2D eigenvalue weighted by molar-refractivity contribution is 0.366. The van der Waals surface area contributed by atoms with Gasteiger partial charge in [0.1, 0.15) is 0 Å². The summed E-state index contributed by atoms with van der Waals surface area (Å²) in [6.07, 6.45) is 5.54. The summed E-state index contributed by atoms with van der Waals surface area (Å²) in [7, 11) is 1.82. The van der Waals surface area contributed by atoms with Crippen molar-refractivity contribution < 1.29 is 0 Å². The average Bonchev–Trinajstić information content (AvgIpc) is 2.64. The average molecular weight is 232 g/mol. The Hall–Kier alpha value is -1.62. The minimum Gasteiger partial charge on any atom is -0.317 e. The van der Waals surface area contributed by atoms with Crippen molar-refractivity contribution >= 4 is 11.0 Å². The SMILES string of the molecule is Cn1c(=O)n(C2CCNCC2)c2cnccc21. The summed E-state index contributed by atoms with van der Waals surface area (Å²) in [5.74, 6) is 0. The second-order valence-corrected chi connectivity index (χ2v) is 4.56. The molecule has 1 N–H and O–H groups in total. The minimum absolute atomic E-state index is 0.0694. The number of hydrogen-bond donors (Lipinski definition) is 1. The van der Waals surface area contributed by atoms with Gasteiger partial charge in [0.05, 0.1) is 17.2 Å². The molecule has 90 valence electrons. The van der Waals surface area contributed by atoms with E-state index in [0.29, 0.717) is 6.04 Å². The Morgan fingerprint density at radius 1 is 1.35 bits per heavy atom. The third-order valence-electron chi connectivity index (χ3n) is 3.57. The molecule has 0 bridgehead atoms. The zero-order valence-corrected chi connectivity index (χ0v) is 9.89. The standard InChI is InChI=1S/C12H16N4O/c1-15-10-4-7-14-8-11(10)16(12(15)17)9-2-5-13-6-3-9/h4,7-9,13H,2-3,5-6H2,1H3. The number of hydrogen-bond acceptors (Lipinski definition) is 3. The van der Waals surface area contributed by atoms with E-state index in [1.165, 1.54) is 0 Å². The van der Waals surface area contributed by atoms with Gasteiger partial charge < -0.3 is 5.32 Å². The Morgan fingerprint density at radius 3 is 2.88 bits per heavy atom. The fourth-order valence-electron chi connectivity index (χ4n) is 2.63. The van der Waals surface area contributed by atoms with Gasteiger partial charge in [0, 0.05) is 19.3 Å². The molecule has 1 aliphatic heterocycles. The molecule has 0 unspecified atom stereocenters. The fourth-order valence-corrected chi connectivity index (χ4v) is 2.63. The lowest BCUT2D eigenvalue weighted by atomic mass is 10.1. The Kier molecular flexibility index (Phi) is 2.48. The molecule has 0 saturated carbocycles. The van der Waals surface area contributed by atoms with Crippen LogP contribution in [0.3, 0.4) is 0 Å². The number of fused-ring (bicyclic) bond motifs is 1. The summed E-state index contributed by atoms with van der Waals surface area (Å²) in [5.41, 5.74) is 1.98. The van der Waals surface area contributed by atoms with Gasteiger partial charge in [-0.15, -0.1) is 0 Å². The lowest BCUT2D eigenvalue weighted by Crippen LogP contribution is -2.34. The van der Waals surface area contributed by atoms with Crippen molar-refractivity contribution in [2.75, 3.05) is 13.1 Å². The molecule has 1 fully saturated rings. The highest BCUT2D eigenvalue weighted by atomic mass is 16.1. The molecule has 5 heteroatoms. The number of aryl methyl sites for hydroxylation is 1. The second-order valence-electron chi connectivity index (χ2n) is 4.56. The van der Waals surface area contributed by atoms with E-state index in [1.54, 1.807) is 17.0 Å². The van der Waals surface area contributed by atoms with E-state index >= 15 is 0 Å². The van der Waals surface area contributed by atoms with Crippen LogP contribution in [0.1, 0.15) is 18.9 Å². The van der Waals surface area contributed by atoms with Crippen LogP contribution in [0.15, 0.2) is 23.3 Å². The van der Waals surface area contributed by atoms with Gasteiger partial charge in [-0.2, -0.15) is 0 Å². The van der Waals surface area contributed by atoms with Gasteiger partial charge in [-0.25, -0.2) is 4.79 Å². The largest absolute Gasteiger partial charge is 0.329 e. The van der Waals surface area contributed by atoms with E-state index in [0.717, 1.165) is 37.0 Å². The topological polar surface area (TPSA) is 51.9 Å². The molecule has 0 aromatic carbocycles. The van der Waals surface area contributed by atoms with Gasteiger partial charge in [0.2, 0.25) is 0 Å². The Morgan fingerprint density at radius 2 is 2.12 bits per heavy atom. The first-order valence-electron chi connectivity index (χ1n) is 6.00. The Labute approximate surface area is 99.1 Å². The molecule has 1 saturated heterocycles. The van der Waals surface area contributed by atoms with Gasteiger partial charge in [-0.05, 0) is 32.0 Å². The Bertz CT molecular complexity index is 592. The lowest BCUT2D eigenvalue weighted by Gasteiger charge is -2.23. The van der Waals surface area contributed by atoms with Crippen LogP contribution in [0.2, 0.25) is 0 Å². The van der Waals surface area contributed by atoms with E-state index in [2.05, 4.69) is 10.3 Å². The van der Waals surface area contributed by atoms with Crippen molar-refractivity contribution in [3.05, 3.63) is 28.9 Å². The molecule has 5 nitrogen and oxygen atoms in total. The van der Waals surface area contributed by atoms with E-state index in [1.807, 2.05) is 17.7 Å². The fraction of sp³-hybridized carbons (Fsp3) is 0.500. The maximum atomic E-state index is 12.3. The van der Waals surface area contributed by atoms with Crippen molar-refractivity contribution in [3.63, 3.8) is 0 Å². The van der Waals surface area contributed by atoms with Crippen LogP contribution in [0.5, 0.6) is 0 Å². The number of pyridine rings is 1. The molecule has 0 aliphatic carbocycles. The normalized spacial score (nSPS) is 17.7. The molecule has 3 rings (SSSR count). The van der Waals surface area contributed by atoms with Gasteiger partial charge in [-0.1, -0.05) is 0 Å². The zero-order chi connectivity index (χ0) is 11.8. The van der Waals surface area contributed by atoms with Crippen molar-refractivity contribution in [1.29, 1.82) is 0 Å². The third kappa shape index (κ3) is 1.58. The minimum atomic E-state index is 0.0694. The number of nitrogens with zero attached hydrogens (tertiary/aromatic N) is 3. The van der Waals surface area contributed by atoms with Crippen LogP contribution >= 0.6 is 0 Å². The number of piperidine rings is 1. The van der Waals surface area contributed by atoms with E-state index in [9.17, 15) is 4.79 Å². The summed E-state index contributed by atoms with van der Waals surface area (Å²) in [6, 6.07) is 2.20. The molecule has 2 aromatic heterocycles.